The zero-order valence-corrected chi connectivity index (χ0v) is 14.6. The lowest BCUT2D eigenvalue weighted by Gasteiger charge is -2.28. The molecule has 0 radical (unpaired) electrons. The fourth-order valence-electron chi connectivity index (χ4n) is 3.19. The van der Waals surface area contributed by atoms with Crippen LogP contribution < -0.4 is 5.32 Å². The number of benzene rings is 1. The van der Waals surface area contributed by atoms with Crippen molar-refractivity contribution >= 4 is 5.91 Å². The molecule has 4 nitrogen and oxygen atoms in total. The molecule has 0 bridgehead atoms. The standard InChI is InChI=1S/C19H30N2O2/c1-4-21(14(2)3)13-15-9-11-16(12-10-15)19(23)20-17-7-5-6-8-18(17)22/h9-12,14,17-18,22H,4-8,13H2,1-3H3,(H,20,23). The van der Waals surface area contributed by atoms with Gasteiger partial charge in [0.05, 0.1) is 12.1 Å². The summed E-state index contributed by atoms with van der Waals surface area (Å²) in [4.78, 5) is 14.7. The zero-order valence-electron chi connectivity index (χ0n) is 14.6. The van der Waals surface area contributed by atoms with Gasteiger partial charge in [-0.3, -0.25) is 9.69 Å². The Kier molecular flexibility index (Phi) is 6.60. The third kappa shape index (κ3) is 5.05. The highest BCUT2D eigenvalue weighted by atomic mass is 16.3. The third-order valence-corrected chi connectivity index (χ3v) is 4.78. The van der Waals surface area contributed by atoms with Crippen LogP contribution in [-0.2, 0) is 6.54 Å². The Bertz CT molecular complexity index is 499. The maximum Gasteiger partial charge on any atom is 0.251 e. The summed E-state index contributed by atoms with van der Waals surface area (Å²) < 4.78 is 0. The molecule has 4 heteroatoms. The second-order valence-corrected chi connectivity index (χ2v) is 6.79. The van der Waals surface area contributed by atoms with Crippen LogP contribution in [0.4, 0.5) is 0 Å². The van der Waals surface area contributed by atoms with Crippen LogP contribution >= 0.6 is 0 Å². The molecule has 0 saturated heterocycles. The fourth-order valence-corrected chi connectivity index (χ4v) is 3.19. The molecule has 2 N–H and O–H groups in total. The highest BCUT2D eigenvalue weighted by Gasteiger charge is 2.24. The van der Waals surface area contributed by atoms with Crippen molar-refractivity contribution in [2.75, 3.05) is 6.54 Å². The van der Waals surface area contributed by atoms with E-state index in [0.717, 1.165) is 38.8 Å². The van der Waals surface area contributed by atoms with Gasteiger partial charge in [-0.2, -0.15) is 0 Å². The molecule has 0 aromatic heterocycles. The number of carbonyl (C=O) groups excluding carboxylic acids is 1. The van der Waals surface area contributed by atoms with E-state index in [9.17, 15) is 9.90 Å². The summed E-state index contributed by atoms with van der Waals surface area (Å²) in [6, 6.07) is 8.22. The van der Waals surface area contributed by atoms with Crippen molar-refractivity contribution in [3.05, 3.63) is 35.4 Å². The summed E-state index contributed by atoms with van der Waals surface area (Å²) in [7, 11) is 0. The van der Waals surface area contributed by atoms with Crippen molar-refractivity contribution in [2.45, 2.75) is 71.2 Å². The lowest BCUT2D eigenvalue weighted by molar-refractivity contribution is 0.0717. The van der Waals surface area contributed by atoms with Gasteiger partial charge in [0, 0.05) is 18.2 Å². The van der Waals surface area contributed by atoms with Gasteiger partial charge in [-0.1, -0.05) is 31.9 Å². The van der Waals surface area contributed by atoms with Gasteiger partial charge in [0.2, 0.25) is 0 Å². The van der Waals surface area contributed by atoms with Gasteiger partial charge in [0.1, 0.15) is 0 Å². The molecule has 2 atom stereocenters. The molecule has 0 spiro atoms. The van der Waals surface area contributed by atoms with Crippen molar-refractivity contribution in [3.63, 3.8) is 0 Å². The van der Waals surface area contributed by atoms with E-state index in [0.29, 0.717) is 11.6 Å². The fraction of sp³-hybridized carbons (Fsp3) is 0.632. The zero-order chi connectivity index (χ0) is 16.8. The Morgan fingerprint density at radius 3 is 2.48 bits per heavy atom. The summed E-state index contributed by atoms with van der Waals surface area (Å²) in [5.74, 6) is -0.0845. The minimum absolute atomic E-state index is 0.0845. The van der Waals surface area contributed by atoms with Crippen molar-refractivity contribution in [1.82, 2.24) is 10.2 Å². The van der Waals surface area contributed by atoms with Gasteiger partial charge in [-0.25, -0.2) is 0 Å². The quantitative estimate of drug-likeness (QED) is 0.848. The number of amides is 1. The predicted molar refractivity (Wildman–Crippen MR) is 93.4 cm³/mol. The van der Waals surface area contributed by atoms with Gasteiger partial charge in [-0.15, -0.1) is 0 Å². The van der Waals surface area contributed by atoms with E-state index in [2.05, 4.69) is 31.0 Å². The minimum Gasteiger partial charge on any atom is -0.391 e. The van der Waals surface area contributed by atoms with Gasteiger partial charge in [0.15, 0.2) is 0 Å². The molecule has 1 aliphatic carbocycles. The molecule has 2 rings (SSSR count). The third-order valence-electron chi connectivity index (χ3n) is 4.78. The summed E-state index contributed by atoms with van der Waals surface area (Å²) in [6.07, 6.45) is 3.36. The van der Waals surface area contributed by atoms with E-state index in [4.69, 9.17) is 0 Å². The Morgan fingerprint density at radius 2 is 1.91 bits per heavy atom. The molecular formula is C19H30N2O2. The van der Waals surface area contributed by atoms with Crippen LogP contribution in [0.3, 0.4) is 0 Å². The molecule has 0 heterocycles. The van der Waals surface area contributed by atoms with E-state index < -0.39 is 6.10 Å². The Morgan fingerprint density at radius 1 is 1.26 bits per heavy atom. The van der Waals surface area contributed by atoms with Crippen LogP contribution in [0.1, 0.15) is 62.4 Å². The molecule has 1 saturated carbocycles. The molecule has 1 aliphatic rings. The Balaban J connectivity index is 1.94. The summed E-state index contributed by atoms with van der Waals surface area (Å²) in [5, 5.41) is 12.9. The molecule has 1 aromatic rings. The van der Waals surface area contributed by atoms with Crippen LogP contribution in [0.5, 0.6) is 0 Å². The van der Waals surface area contributed by atoms with Gasteiger partial charge < -0.3 is 10.4 Å². The smallest absolute Gasteiger partial charge is 0.251 e. The van der Waals surface area contributed by atoms with Crippen molar-refractivity contribution in [2.24, 2.45) is 0 Å². The number of nitrogens with one attached hydrogen (secondary N) is 1. The first-order valence-corrected chi connectivity index (χ1v) is 8.83. The maximum absolute atomic E-state index is 12.3. The summed E-state index contributed by atoms with van der Waals surface area (Å²) in [6.45, 7) is 8.47. The predicted octanol–water partition coefficient (Wildman–Crippen LogP) is 2.95. The average molecular weight is 318 g/mol. The van der Waals surface area contributed by atoms with Crippen LogP contribution in [0.2, 0.25) is 0 Å². The first kappa shape index (κ1) is 18.0. The van der Waals surface area contributed by atoms with Crippen LogP contribution in [-0.4, -0.2) is 40.6 Å². The number of hydrogen-bond acceptors (Lipinski definition) is 3. The van der Waals surface area contributed by atoms with Crippen LogP contribution in [0, 0.1) is 0 Å². The van der Waals surface area contributed by atoms with Gasteiger partial charge >= 0.3 is 0 Å². The molecule has 0 aliphatic heterocycles. The van der Waals surface area contributed by atoms with E-state index in [-0.39, 0.29) is 11.9 Å². The molecule has 1 amide bonds. The lowest BCUT2D eigenvalue weighted by atomic mass is 9.92. The minimum atomic E-state index is -0.406. The highest BCUT2D eigenvalue weighted by molar-refractivity contribution is 5.94. The van der Waals surface area contributed by atoms with Crippen molar-refractivity contribution in [3.8, 4) is 0 Å². The molecule has 2 unspecified atom stereocenters. The van der Waals surface area contributed by atoms with E-state index >= 15 is 0 Å². The molecule has 128 valence electrons. The van der Waals surface area contributed by atoms with Crippen molar-refractivity contribution < 1.29 is 9.90 Å². The number of carbonyl (C=O) groups is 1. The number of aliphatic hydroxyl groups is 1. The topological polar surface area (TPSA) is 52.6 Å². The Hall–Kier alpha value is -1.39. The summed E-state index contributed by atoms with van der Waals surface area (Å²) >= 11 is 0. The first-order chi connectivity index (χ1) is 11.0. The molecular weight excluding hydrogens is 288 g/mol. The van der Waals surface area contributed by atoms with E-state index in [1.165, 1.54) is 5.56 Å². The second-order valence-electron chi connectivity index (χ2n) is 6.79. The van der Waals surface area contributed by atoms with Crippen molar-refractivity contribution in [1.29, 1.82) is 0 Å². The second kappa shape index (κ2) is 8.46. The van der Waals surface area contributed by atoms with Gasteiger partial charge in [-0.05, 0) is 50.9 Å². The summed E-state index contributed by atoms with van der Waals surface area (Å²) in [5.41, 5.74) is 1.88. The highest BCUT2D eigenvalue weighted by Crippen LogP contribution is 2.19. The lowest BCUT2D eigenvalue weighted by Crippen LogP contribution is -2.45. The average Bonchev–Trinajstić information content (AvgIpc) is 2.55. The van der Waals surface area contributed by atoms with Crippen LogP contribution in [0.25, 0.3) is 0 Å². The van der Waals surface area contributed by atoms with Crippen LogP contribution in [0.15, 0.2) is 24.3 Å². The number of rotatable bonds is 6. The van der Waals surface area contributed by atoms with Gasteiger partial charge in [0.25, 0.3) is 5.91 Å². The SMILES string of the molecule is CCN(Cc1ccc(C(=O)NC2CCCCC2O)cc1)C(C)C. The van der Waals surface area contributed by atoms with E-state index in [1.54, 1.807) is 0 Å². The number of aliphatic hydroxyl groups excluding tert-OH is 1. The number of nitrogens with zero attached hydrogens (tertiary/aromatic N) is 1. The maximum atomic E-state index is 12.3. The Labute approximate surface area is 139 Å². The first-order valence-electron chi connectivity index (χ1n) is 8.83. The molecule has 23 heavy (non-hydrogen) atoms. The largest absolute Gasteiger partial charge is 0.391 e. The molecule has 1 aromatic carbocycles. The normalized spacial score (nSPS) is 21.7. The monoisotopic (exact) mass is 318 g/mol. The number of hydrogen-bond donors (Lipinski definition) is 2. The van der Waals surface area contributed by atoms with E-state index in [1.807, 2.05) is 24.3 Å². The molecule has 1 fully saturated rings.